The SMILES string of the molecule is Cc1ccc2c(NCc3ccc(OCC(=O)NO)cc3F)c[nH]c2c1. The number of ether oxygens (including phenoxy) is 1. The third kappa shape index (κ3) is 3.89. The zero-order valence-electron chi connectivity index (χ0n) is 13.6. The number of aryl methyl sites for hydroxylation is 1. The molecular formula is C18H18FN3O3. The van der Waals surface area contributed by atoms with Crippen LogP contribution in [0.4, 0.5) is 10.1 Å². The van der Waals surface area contributed by atoms with E-state index in [-0.39, 0.29) is 12.4 Å². The molecule has 0 fully saturated rings. The molecule has 0 spiro atoms. The summed E-state index contributed by atoms with van der Waals surface area (Å²) in [5.74, 6) is -0.932. The number of hydrogen-bond donors (Lipinski definition) is 4. The van der Waals surface area contributed by atoms with Crippen molar-refractivity contribution in [2.75, 3.05) is 11.9 Å². The van der Waals surface area contributed by atoms with E-state index >= 15 is 0 Å². The highest BCUT2D eigenvalue weighted by Gasteiger charge is 2.08. The number of amides is 1. The molecule has 0 unspecified atom stereocenters. The lowest BCUT2D eigenvalue weighted by molar-refractivity contribution is -0.131. The predicted octanol–water partition coefficient (Wildman–Crippen LogP) is 3.11. The van der Waals surface area contributed by atoms with E-state index in [1.165, 1.54) is 11.5 Å². The van der Waals surface area contributed by atoms with E-state index in [0.717, 1.165) is 22.2 Å². The van der Waals surface area contributed by atoms with Crippen molar-refractivity contribution in [1.82, 2.24) is 10.5 Å². The number of rotatable bonds is 6. The zero-order valence-corrected chi connectivity index (χ0v) is 13.6. The summed E-state index contributed by atoms with van der Waals surface area (Å²) in [6.07, 6.45) is 1.85. The minimum absolute atomic E-state index is 0.215. The molecule has 0 aliphatic carbocycles. The summed E-state index contributed by atoms with van der Waals surface area (Å²) >= 11 is 0. The Morgan fingerprint density at radius 2 is 2.12 bits per heavy atom. The summed E-state index contributed by atoms with van der Waals surface area (Å²) in [5, 5.41) is 12.7. The van der Waals surface area contributed by atoms with E-state index in [2.05, 4.69) is 16.4 Å². The lowest BCUT2D eigenvalue weighted by Gasteiger charge is -2.09. The van der Waals surface area contributed by atoms with Crippen molar-refractivity contribution >= 4 is 22.5 Å². The molecule has 130 valence electrons. The molecule has 4 N–H and O–H groups in total. The molecule has 0 saturated heterocycles. The van der Waals surface area contributed by atoms with Gasteiger partial charge in [0, 0.05) is 35.3 Å². The number of hydroxylamine groups is 1. The van der Waals surface area contributed by atoms with Crippen molar-refractivity contribution < 1.29 is 19.1 Å². The van der Waals surface area contributed by atoms with Crippen LogP contribution in [0.3, 0.4) is 0 Å². The van der Waals surface area contributed by atoms with Gasteiger partial charge in [-0.2, -0.15) is 0 Å². The highest BCUT2D eigenvalue weighted by Crippen LogP contribution is 2.25. The number of aromatic amines is 1. The first-order valence-electron chi connectivity index (χ1n) is 7.72. The van der Waals surface area contributed by atoms with Crippen LogP contribution in [0.2, 0.25) is 0 Å². The number of carbonyl (C=O) groups excluding carboxylic acids is 1. The highest BCUT2D eigenvalue weighted by atomic mass is 19.1. The van der Waals surface area contributed by atoms with E-state index in [4.69, 9.17) is 9.94 Å². The first-order chi connectivity index (χ1) is 12.1. The molecule has 1 heterocycles. The molecule has 3 rings (SSSR count). The van der Waals surface area contributed by atoms with E-state index in [1.54, 1.807) is 12.1 Å². The van der Waals surface area contributed by atoms with Gasteiger partial charge in [-0.25, -0.2) is 9.87 Å². The molecule has 0 aliphatic rings. The number of halogens is 1. The molecule has 1 amide bonds. The fourth-order valence-corrected chi connectivity index (χ4v) is 2.52. The van der Waals surface area contributed by atoms with Gasteiger partial charge in [-0.3, -0.25) is 10.0 Å². The first kappa shape index (κ1) is 16.8. The van der Waals surface area contributed by atoms with Crippen molar-refractivity contribution in [2.24, 2.45) is 0 Å². The Morgan fingerprint density at radius 1 is 1.28 bits per heavy atom. The fourth-order valence-electron chi connectivity index (χ4n) is 2.52. The van der Waals surface area contributed by atoms with Gasteiger partial charge in [-0.15, -0.1) is 0 Å². The Morgan fingerprint density at radius 3 is 2.88 bits per heavy atom. The molecule has 0 saturated carbocycles. The van der Waals surface area contributed by atoms with Gasteiger partial charge in [-0.05, 0) is 24.6 Å². The molecule has 25 heavy (non-hydrogen) atoms. The summed E-state index contributed by atoms with van der Waals surface area (Å²) in [6, 6.07) is 10.5. The van der Waals surface area contributed by atoms with Crippen molar-refractivity contribution in [2.45, 2.75) is 13.5 Å². The second kappa shape index (κ2) is 7.23. The van der Waals surface area contributed by atoms with Gasteiger partial charge in [0.25, 0.3) is 5.91 Å². The van der Waals surface area contributed by atoms with Gasteiger partial charge < -0.3 is 15.0 Å². The molecule has 0 aliphatic heterocycles. The number of H-pyrrole nitrogens is 1. The lowest BCUT2D eigenvalue weighted by atomic mass is 10.1. The van der Waals surface area contributed by atoms with Gasteiger partial charge in [0.15, 0.2) is 6.61 Å². The van der Waals surface area contributed by atoms with Gasteiger partial charge >= 0.3 is 0 Å². The minimum atomic E-state index is -0.708. The number of nitrogens with one attached hydrogen (secondary N) is 3. The van der Waals surface area contributed by atoms with E-state index < -0.39 is 11.7 Å². The number of benzene rings is 2. The van der Waals surface area contributed by atoms with Crippen molar-refractivity contribution in [3.05, 3.63) is 59.5 Å². The highest BCUT2D eigenvalue weighted by molar-refractivity contribution is 5.92. The quantitative estimate of drug-likeness (QED) is 0.409. The Bertz CT molecular complexity index is 908. The fraction of sp³-hybridized carbons (Fsp3) is 0.167. The Kier molecular flexibility index (Phi) is 4.85. The second-order valence-corrected chi connectivity index (χ2v) is 5.68. The minimum Gasteiger partial charge on any atom is -0.484 e. The number of hydrogen-bond acceptors (Lipinski definition) is 4. The van der Waals surface area contributed by atoms with Gasteiger partial charge in [-0.1, -0.05) is 18.2 Å². The summed E-state index contributed by atoms with van der Waals surface area (Å²) in [4.78, 5) is 14.1. The number of anilines is 1. The Balaban J connectivity index is 1.67. The van der Waals surface area contributed by atoms with Gasteiger partial charge in [0.05, 0.1) is 5.69 Å². The average molecular weight is 343 g/mol. The summed E-state index contributed by atoms with van der Waals surface area (Å²) in [7, 11) is 0. The molecule has 2 aromatic carbocycles. The third-order valence-corrected chi connectivity index (χ3v) is 3.83. The number of fused-ring (bicyclic) bond motifs is 1. The summed E-state index contributed by atoms with van der Waals surface area (Å²) < 4.78 is 19.3. The van der Waals surface area contributed by atoms with E-state index in [0.29, 0.717) is 12.1 Å². The van der Waals surface area contributed by atoms with Crippen LogP contribution in [0, 0.1) is 12.7 Å². The van der Waals surface area contributed by atoms with E-state index in [9.17, 15) is 9.18 Å². The van der Waals surface area contributed by atoms with E-state index in [1.807, 2.05) is 25.3 Å². The standard InChI is InChI=1S/C18H18FN3O3/c1-11-2-5-14-16(6-11)21-9-17(14)20-8-12-3-4-13(7-15(12)19)25-10-18(23)22-24/h2-7,9,20-21,24H,8,10H2,1H3,(H,22,23). The molecule has 3 aromatic rings. The average Bonchev–Trinajstić information content (AvgIpc) is 3.00. The number of aromatic nitrogens is 1. The topological polar surface area (TPSA) is 86.4 Å². The maximum Gasteiger partial charge on any atom is 0.281 e. The van der Waals surface area contributed by atoms with Crippen LogP contribution in [-0.4, -0.2) is 22.7 Å². The monoisotopic (exact) mass is 343 g/mol. The van der Waals surface area contributed by atoms with Crippen molar-refractivity contribution in [1.29, 1.82) is 0 Å². The molecule has 1 aromatic heterocycles. The Hall–Kier alpha value is -3.06. The largest absolute Gasteiger partial charge is 0.484 e. The van der Waals surface area contributed by atoms with Gasteiger partial charge in [0.2, 0.25) is 0 Å². The lowest BCUT2D eigenvalue weighted by Crippen LogP contribution is -2.25. The molecule has 0 bridgehead atoms. The first-order valence-corrected chi connectivity index (χ1v) is 7.72. The van der Waals surface area contributed by atoms with Crippen molar-refractivity contribution in [3.63, 3.8) is 0 Å². The normalized spacial score (nSPS) is 10.7. The molecule has 7 heteroatoms. The van der Waals surface area contributed by atoms with Gasteiger partial charge in [0.1, 0.15) is 11.6 Å². The maximum atomic E-state index is 14.2. The zero-order chi connectivity index (χ0) is 17.8. The van der Waals surface area contributed by atoms with Crippen molar-refractivity contribution in [3.8, 4) is 5.75 Å². The van der Waals surface area contributed by atoms with Crippen LogP contribution in [0.1, 0.15) is 11.1 Å². The van der Waals surface area contributed by atoms with Crippen LogP contribution >= 0.6 is 0 Å². The molecule has 0 radical (unpaired) electrons. The molecule has 0 atom stereocenters. The predicted molar refractivity (Wildman–Crippen MR) is 92.2 cm³/mol. The van der Waals surface area contributed by atoms with Crippen LogP contribution < -0.4 is 15.5 Å². The number of carbonyl (C=O) groups is 1. The van der Waals surface area contributed by atoms with Crippen LogP contribution in [0.15, 0.2) is 42.6 Å². The smallest absolute Gasteiger partial charge is 0.281 e. The summed E-state index contributed by atoms with van der Waals surface area (Å²) in [5.41, 5.74) is 5.00. The van der Waals surface area contributed by atoms with Crippen LogP contribution in [0.5, 0.6) is 5.75 Å². The van der Waals surface area contributed by atoms with Crippen LogP contribution in [-0.2, 0) is 11.3 Å². The maximum absolute atomic E-state index is 14.2. The molecule has 6 nitrogen and oxygen atoms in total. The molecular weight excluding hydrogens is 325 g/mol. The van der Waals surface area contributed by atoms with Crippen LogP contribution in [0.25, 0.3) is 10.9 Å². The third-order valence-electron chi connectivity index (χ3n) is 3.83. The second-order valence-electron chi connectivity index (χ2n) is 5.68. The summed E-state index contributed by atoms with van der Waals surface area (Å²) in [6.45, 7) is 1.95. The Labute approximate surface area is 143 Å².